The summed E-state index contributed by atoms with van der Waals surface area (Å²) in [6.45, 7) is 5.58. The topological polar surface area (TPSA) is 29.3 Å². The van der Waals surface area contributed by atoms with Crippen LogP contribution in [0.5, 0.6) is 0 Å². The van der Waals surface area contributed by atoms with Crippen molar-refractivity contribution in [1.29, 1.82) is 0 Å². The van der Waals surface area contributed by atoms with E-state index in [2.05, 4.69) is 24.1 Å². The summed E-state index contributed by atoms with van der Waals surface area (Å²) in [6, 6.07) is 2.43. The number of rotatable bonds is 4. The number of hydrogen-bond donors (Lipinski definition) is 1. The lowest BCUT2D eigenvalue weighted by atomic mass is 10.2. The van der Waals surface area contributed by atoms with E-state index in [0.717, 1.165) is 24.5 Å². The lowest BCUT2D eigenvalue weighted by Gasteiger charge is -2.05. The second-order valence-electron chi connectivity index (χ2n) is 4.94. The van der Waals surface area contributed by atoms with Crippen LogP contribution in [0.2, 0.25) is 0 Å². The maximum Gasteiger partial charge on any atom is 0.417 e. The maximum absolute atomic E-state index is 12.6. The number of nitrogens with zero attached hydrogens (tertiary/aromatic N) is 2. The number of aromatic nitrogens is 2. The molecule has 3 nitrogen and oxygen atoms in total. The van der Waals surface area contributed by atoms with E-state index in [1.165, 1.54) is 10.5 Å². The zero-order valence-electron chi connectivity index (χ0n) is 10.8. The lowest BCUT2D eigenvalue weighted by molar-refractivity contribution is -0.137. The number of pyridine rings is 1. The highest BCUT2D eigenvalue weighted by Crippen LogP contribution is 2.29. The smallest absolute Gasteiger partial charge is 0.311 e. The van der Waals surface area contributed by atoms with E-state index in [0.29, 0.717) is 18.1 Å². The fourth-order valence-corrected chi connectivity index (χ4v) is 1.79. The molecule has 6 heteroatoms. The molecule has 1 N–H and O–H groups in total. The Hall–Kier alpha value is -1.56. The van der Waals surface area contributed by atoms with Crippen LogP contribution in [0.3, 0.4) is 0 Å². The number of fused-ring (bicyclic) bond motifs is 1. The van der Waals surface area contributed by atoms with Crippen molar-refractivity contribution < 1.29 is 13.2 Å². The van der Waals surface area contributed by atoms with Crippen LogP contribution in [0.4, 0.5) is 13.2 Å². The van der Waals surface area contributed by atoms with Gasteiger partial charge in [0.25, 0.3) is 0 Å². The molecule has 104 valence electrons. The molecule has 0 aromatic carbocycles. The van der Waals surface area contributed by atoms with Crippen LogP contribution in [0, 0.1) is 5.92 Å². The largest absolute Gasteiger partial charge is 0.417 e. The van der Waals surface area contributed by atoms with Gasteiger partial charge >= 0.3 is 6.18 Å². The fraction of sp³-hybridized carbons (Fsp3) is 0.462. The van der Waals surface area contributed by atoms with Gasteiger partial charge in [0.2, 0.25) is 0 Å². The second-order valence-corrected chi connectivity index (χ2v) is 4.94. The van der Waals surface area contributed by atoms with Crippen molar-refractivity contribution in [2.75, 3.05) is 6.54 Å². The molecular formula is C13H16F3N3. The van der Waals surface area contributed by atoms with Crippen molar-refractivity contribution in [3.8, 4) is 0 Å². The van der Waals surface area contributed by atoms with Gasteiger partial charge in [-0.1, -0.05) is 13.8 Å². The molecule has 0 aliphatic carbocycles. The Morgan fingerprint density at radius 3 is 2.63 bits per heavy atom. The van der Waals surface area contributed by atoms with E-state index in [-0.39, 0.29) is 0 Å². The SMILES string of the molecule is CC(C)CNCc1cn2cc(C(F)(F)F)ccc2n1. The third kappa shape index (κ3) is 3.47. The van der Waals surface area contributed by atoms with E-state index in [1.807, 2.05) is 0 Å². The molecule has 0 atom stereocenters. The first-order chi connectivity index (χ1) is 8.86. The quantitative estimate of drug-likeness (QED) is 0.926. The first-order valence-corrected chi connectivity index (χ1v) is 6.12. The van der Waals surface area contributed by atoms with Crippen molar-refractivity contribution in [2.45, 2.75) is 26.6 Å². The van der Waals surface area contributed by atoms with Crippen LogP contribution >= 0.6 is 0 Å². The first kappa shape index (κ1) is 13.9. The highest BCUT2D eigenvalue weighted by molar-refractivity contribution is 5.41. The molecule has 0 radical (unpaired) electrons. The van der Waals surface area contributed by atoms with Crippen LogP contribution in [0.1, 0.15) is 25.1 Å². The van der Waals surface area contributed by atoms with E-state index < -0.39 is 11.7 Å². The lowest BCUT2D eigenvalue weighted by Crippen LogP contribution is -2.19. The molecule has 0 amide bonds. The molecule has 0 spiro atoms. The second kappa shape index (κ2) is 5.21. The van der Waals surface area contributed by atoms with Gasteiger partial charge < -0.3 is 9.72 Å². The Bertz CT molecular complexity index is 558. The van der Waals surface area contributed by atoms with Crippen LogP contribution in [0.15, 0.2) is 24.5 Å². The van der Waals surface area contributed by atoms with E-state index in [1.54, 1.807) is 6.20 Å². The van der Waals surface area contributed by atoms with E-state index >= 15 is 0 Å². The predicted molar refractivity (Wildman–Crippen MR) is 66.7 cm³/mol. The Morgan fingerprint density at radius 2 is 2.00 bits per heavy atom. The summed E-state index contributed by atoms with van der Waals surface area (Å²) in [6.07, 6.45) is -1.64. The van der Waals surface area contributed by atoms with Crippen molar-refractivity contribution in [2.24, 2.45) is 5.92 Å². The molecule has 0 aliphatic rings. The first-order valence-electron chi connectivity index (χ1n) is 6.12. The Labute approximate surface area is 109 Å². The average Bonchev–Trinajstić information content (AvgIpc) is 2.68. The zero-order chi connectivity index (χ0) is 14.0. The van der Waals surface area contributed by atoms with Crippen molar-refractivity contribution in [1.82, 2.24) is 14.7 Å². The normalized spacial score (nSPS) is 12.5. The van der Waals surface area contributed by atoms with Gasteiger partial charge in [-0.25, -0.2) is 4.98 Å². The molecular weight excluding hydrogens is 255 g/mol. The van der Waals surface area contributed by atoms with Crippen molar-refractivity contribution in [3.05, 3.63) is 35.8 Å². The molecule has 2 aromatic heterocycles. The molecule has 0 unspecified atom stereocenters. The van der Waals surface area contributed by atoms with Gasteiger partial charge in [0.1, 0.15) is 5.65 Å². The highest BCUT2D eigenvalue weighted by atomic mass is 19.4. The number of hydrogen-bond acceptors (Lipinski definition) is 2. The van der Waals surface area contributed by atoms with E-state index in [4.69, 9.17) is 0 Å². The maximum atomic E-state index is 12.6. The van der Waals surface area contributed by atoms with Gasteiger partial charge in [-0.2, -0.15) is 13.2 Å². The summed E-state index contributed by atoms with van der Waals surface area (Å²) in [5.74, 6) is 0.522. The predicted octanol–water partition coefficient (Wildman–Crippen LogP) is 3.10. The molecule has 19 heavy (non-hydrogen) atoms. The summed E-state index contributed by atoms with van der Waals surface area (Å²) in [4.78, 5) is 4.27. The van der Waals surface area contributed by atoms with Crippen LogP contribution in [-0.2, 0) is 12.7 Å². The molecule has 2 heterocycles. The Kier molecular flexibility index (Phi) is 3.80. The number of alkyl halides is 3. The molecule has 0 fully saturated rings. The van der Waals surface area contributed by atoms with Crippen LogP contribution in [-0.4, -0.2) is 15.9 Å². The van der Waals surface area contributed by atoms with Gasteiger partial charge in [0, 0.05) is 18.9 Å². The Morgan fingerprint density at radius 1 is 1.26 bits per heavy atom. The number of halogens is 3. The molecule has 0 aliphatic heterocycles. The minimum atomic E-state index is -4.32. The van der Waals surface area contributed by atoms with Gasteiger partial charge in [-0.05, 0) is 24.6 Å². The van der Waals surface area contributed by atoms with Gasteiger partial charge in [0.05, 0.1) is 11.3 Å². The van der Waals surface area contributed by atoms with Gasteiger partial charge in [-0.15, -0.1) is 0 Å². The number of imidazole rings is 1. The third-order valence-corrected chi connectivity index (χ3v) is 2.69. The number of nitrogens with one attached hydrogen (secondary N) is 1. The third-order valence-electron chi connectivity index (χ3n) is 2.69. The van der Waals surface area contributed by atoms with Crippen LogP contribution in [0.25, 0.3) is 5.65 Å². The summed E-state index contributed by atoms with van der Waals surface area (Å²) < 4.78 is 39.1. The van der Waals surface area contributed by atoms with Crippen LogP contribution < -0.4 is 5.32 Å². The minimum absolute atomic E-state index is 0.522. The summed E-state index contributed by atoms with van der Waals surface area (Å²) in [5, 5.41) is 3.21. The summed E-state index contributed by atoms with van der Waals surface area (Å²) in [7, 11) is 0. The Balaban J connectivity index is 2.16. The molecule has 0 bridgehead atoms. The standard InChI is InChI=1S/C13H16F3N3/c1-9(2)5-17-6-11-8-19-7-10(13(14,15)16)3-4-12(19)18-11/h3-4,7-9,17H,5-6H2,1-2H3. The summed E-state index contributed by atoms with van der Waals surface area (Å²) in [5.41, 5.74) is 0.591. The molecule has 2 rings (SSSR count). The zero-order valence-corrected chi connectivity index (χ0v) is 10.8. The van der Waals surface area contributed by atoms with Crippen molar-refractivity contribution in [3.63, 3.8) is 0 Å². The molecule has 0 saturated heterocycles. The fourth-order valence-electron chi connectivity index (χ4n) is 1.79. The molecule has 0 saturated carbocycles. The van der Waals surface area contributed by atoms with E-state index in [9.17, 15) is 13.2 Å². The summed E-state index contributed by atoms with van der Waals surface area (Å²) >= 11 is 0. The highest BCUT2D eigenvalue weighted by Gasteiger charge is 2.30. The van der Waals surface area contributed by atoms with Gasteiger partial charge in [-0.3, -0.25) is 0 Å². The average molecular weight is 271 g/mol. The minimum Gasteiger partial charge on any atom is -0.311 e. The van der Waals surface area contributed by atoms with Gasteiger partial charge in [0.15, 0.2) is 0 Å². The molecule has 2 aromatic rings. The monoisotopic (exact) mass is 271 g/mol. The van der Waals surface area contributed by atoms with Crippen molar-refractivity contribution >= 4 is 5.65 Å².